The molecule has 0 bridgehead atoms. The van der Waals surface area contributed by atoms with Gasteiger partial charge in [-0.3, -0.25) is 4.79 Å². The second kappa shape index (κ2) is 6.51. The number of carbonyl (C=O) groups excluding carboxylic acids is 1. The molecule has 1 nitrogen and oxygen atoms in total. The summed E-state index contributed by atoms with van der Waals surface area (Å²) in [5.74, 6) is 1.07. The molecule has 0 aliphatic heterocycles. The molecule has 0 radical (unpaired) electrons. The maximum Gasteiger partial charge on any atom is 0.163 e. The maximum absolute atomic E-state index is 12.3. The summed E-state index contributed by atoms with van der Waals surface area (Å²) < 4.78 is 1.08. The Bertz CT molecular complexity index is 425. The van der Waals surface area contributed by atoms with E-state index < -0.39 is 0 Å². The molecule has 2 heteroatoms. The third kappa shape index (κ3) is 3.44. The number of ketones is 1. The van der Waals surface area contributed by atoms with Gasteiger partial charge in [-0.2, -0.15) is 0 Å². The van der Waals surface area contributed by atoms with Crippen LogP contribution in [0.2, 0.25) is 0 Å². The van der Waals surface area contributed by atoms with E-state index in [-0.39, 0.29) is 0 Å². The fraction of sp³-hybridized carbons (Fsp3) is 0.562. The number of benzene rings is 1. The molecule has 98 valence electrons. The van der Waals surface area contributed by atoms with Crippen LogP contribution in [0.15, 0.2) is 22.7 Å². The molecule has 1 aliphatic rings. The molecule has 0 N–H and O–H groups in total. The molecule has 1 unspecified atom stereocenters. The molecule has 0 aromatic heterocycles. The van der Waals surface area contributed by atoms with Crippen molar-refractivity contribution in [2.45, 2.75) is 51.9 Å². The van der Waals surface area contributed by atoms with Gasteiger partial charge in [-0.25, -0.2) is 0 Å². The summed E-state index contributed by atoms with van der Waals surface area (Å²) in [5.41, 5.74) is 2.18. The molecule has 1 aromatic rings. The van der Waals surface area contributed by atoms with Crippen molar-refractivity contribution in [3.63, 3.8) is 0 Å². The number of carbonyl (C=O) groups is 1. The minimum atomic E-state index is 0.331. The maximum atomic E-state index is 12.3. The lowest BCUT2D eigenvalue weighted by Crippen LogP contribution is -2.10. The molecule has 0 heterocycles. The average molecular weight is 309 g/mol. The van der Waals surface area contributed by atoms with Crippen molar-refractivity contribution in [3.8, 4) is 0 Å². The Labute approximate surface area is 118 Å². The second-order valence-electron chi connectivity index (χ2n) is 5.28. The highest BCUT2D eigenvalue weighted by atomic mass is 79.9. The fourth-order valence-corrected chi connectivity index (χ4v) is 3.22. The van der Waals surface area contributed by atoms with Crippen molar-refractivity contribution in [2.24, 2.45) is 5.92 Å². The molecule has 1 atom stereocenters. The van der Waals surface area contributed by atoms with E-state index in [9.17, 15) is 4.79 Å². The molecule has 2 rings (SSSR count). The predicted octanol–water partition coefficient (Wildman–Crippen LogP) is 5.16. The van der Waals surface area contributed by atoms with Gasteiger partial charge in [0.05, 0.1) is 0 Å². The SMILES string of the molecule is CCC1CCCCc2cc(Br)ccc2C(=O)CC1. The third-order valence-electron chi connectivity index (χ3n) is 4.03. The van der Waals surface area contributed by atoms with E-state index in [1.54, 1.807) is 0 Å². The standard InChI is InChI=1S/C16H21BrO/c1-2-12-5-3-4-6-13-11-14(17)8-9-15(13)16(18)10-7-12/h8-9,11-12H,2-7,10H2,1H3. The largest absolute Gasteiger partial charge is 0.294 e. The molecule has 1 aliphatic carbocycles. The van der Waals surface area contributed by atoms with Gasteiger partial charge in [0.2, 0.25) is 0 Å². The number of hydrogen-bond donors (Lipinski definition) is 0. The van der Waals surface area contributed by atoms with Gasteiger partial charge in [-0.15, -0.1) is 0 Å². The Hall–Kier alpha value is -0.630. The molecule has 0 saturated heterocycles. The summed E-state index contributed by atoms with van der Waals surface area (Å²) >= 11 is 3.50. The van der Waals surface area contributed by atoms with Gasteiger partial charge >= 0.3 is 0 Å². The molecule has 0 saturated carbocycles. The van der Waals surface area contributed by atoms with Crippen LogP contribution in [-0.2, 0) is 6.42 Å². The molecule has 0 fully saturated rings. The quantitative estimate of drug-likeness (QED) is 0.700. The highest BCUT2D eigenvalue weighted by molar-refractivity contribution is 9.10. The Kier molecular flexibility index (Phi) is 4.99. The predicted molar refractivity (Wildman–Crippen MR) is 79.0 cm³/mol. The molecule has 0 spiro atoms. The van der Waals surface area contributed by atoms with E-state index in [2.05, 4.69) is 28.9 Å². The summed E-state index contributed by atoms with van der Waals surface area (Å²) in [6.45, 7) is 2.24. The van der Waals surface area contributed by atoms with Gasteiger partial charge in [0, 0.05) is 16.5 Å². The first-order valence-electron chi connectivity index (χ1n) is 7.02. The van der Waals surface area contributed by atoms with Gasteiger partial charge in [0.15, 0.2) is 5.78 Å². The average Bonchev–Trinajstić information content (AvgIpc) is 2.37. The zero-order chi connectivity index (χ0) is 13.0. The zero-order valence-electron chi connectivity index (χ0n) is 11.0. The number of rotatable bonds is 1. The highest BCUT2D eigenvalue weighted by Gasteiger charge is 2.16. The summed E-state index contributed by atoms with van der Waals surface area (Å²) in [5, 5.41) is 0. The highest BCUT2D eigenvalue weighted by Crippen LogP contribution is 2.26. The number of fused-ring (bicyclic) bond motifs is 1. The van der Waals surface area contributed by atoms with Crippen LogP contribution in [0.25, 0.3) is 0 Å². The Morgan fingerprint density at radius 2 is 2.06 bits per heavy atom. The van der Waals surface area contributed by atoms with Gasteiger partial charge in [0.1, 0.15) is 0 Å². The van der Waals surface area contributed by atoms with Crippen molar-refractivity contribution in [2.75, 3.05) is 0 Å². The van der Waals surface area contributed by atoms with E-state index in [1.165, 1.54) is 31.2 Å². The van der Waals surface area contributed by atoms with Crippen LogP contribution in [0.4, 0.5) is 0 Å². The van der Waals surface area contributed by atoms with Crippen molar-refractivity contribution in [3.05, 3.63) is 33.8 Å². The Morgan fingerprint density at radius 3 is 2.83 bits per heavy atom. The molecular formula is C16H21BrO. The minimum absolute atomic E-state index is 0.331. The van der Waals surface area contributed by atoms with Crippen LogP contribution < -0.4 is 0 Å². The third-order valence-corrected chi connectivity index (χ3v) is 4.53. The van der Waals surface area contributed by atoms with Gasteiger partial charge in [-0.1, -0.05) is 48.2 Å². The van der Waals surface area contributed by atoms with E-state index in [0.717, 1.165) is 28.8 Å². The normalized spacial score (nSPS) is 21.4. The van der Waals surface area contributed by atoms with Crippen LogP contribution >= 0.6 is 15.9 Å². The fourth-order valence-electron chi connectivity index (χ4n) is 2.81. The van der Waals surface area contributed by atoms with E-state index in [0.29, 0.717) is 12.2 Å². The van der Waals surface area contributed by atoms with Crippen molar-refractivity contribution in [1.29, 1.82) is 0 Å². The van der Waals surface area contributed by atoms with E-state index in [4.69, 9.17) is 0 Å². The van der Waals surface area contributed by atoms with Crippen LogP contribution in [0.3, 0.4) is 0 Å². The number of Topliss-reactive ketones (excluding diaryl/α,β-unsaturated/α-hetero) is 1. The first kappa shape index (κ1) is 13.8. The summed E-state index contributed by atoms with van der Waals surface area (Å²) in [4.78, 5) is 12.3. The lowest BCUT2D eigenvalue weighted by molar-refractivity contribution is 0.0970. The summed E-state index contributed by atoms with van der Waals surface area (Å²) in [7, 11) is 0. The van der Waals surface area contributed by atoms with Crippen LogP contribution in [-0.4, -0.2) is 5.78 Å². The monoisotopic (exact) mass is 308 g/mol. The van der Waals surface area contributed by atoms with Crippen molar-refractivity contribution >= 4 is 21.7 Å². The van der Waals surface area contributed by atoms with Crippen LogP contribution in [0.1, 0.15) is 61.4 Å². The molecule has 0 amide bonds. The minimum Gasteiger partial charge on any atom is -0.294 e. The first-order chi connectivity index (χ1) is 8.70. The van der Waals surface area contributed by atoms with E-state index >= 15 is 0 Å². The lowest BCUT2D eigenvalue weighted by atomic mass is 9.87. The molecule has 18 heavy (non-hydrogen) atoms. The number of halogens is 1. The second-order valence-corrected chi connectivity index (χ2v) is 6.20. The summed E-state index contributed by atoms with van der Waals surface area (Å²) in [6, 6.07) is 6.09. The van der Waals surface area contributed by atoms with Crippen molar-refractivity contribution < 1.29 is 4.79 Å². The first-order valence-corrected chi connectivity index (χ1v) is 7.81. The lowest BCUT2D eigenvalue weighted by Gasteiger charge is -2.17. The van der Waals surface area contributed by atoms with Crippen molar-refractivity contribution in [1.82, 2.24) is 0 Å². The smallest absolute Gasteiger partial charge is 0.163 e. The number of hydrogen-bond acceptors (Lipinski definition) is 1. The van der Waals surface area contributed by atoms with Gasteiger partial charge in [-0.05, 0) is 42.9 Å². The Balaban J connectivity index is 2.21. The molecule has 1 aromatic carbocycles. The van der Waals surface area contributed by atoms with Gasteiger partial charge in [0.25, 0.3) is 0 Å². The summed E-state index contributed by atoms with van der Waals surface area (Å²) in [6.07, 6.45) is 7.80. The van der Waals surface area contributed by atoms with Crippen LogP contribution in [0, 0.1) is 5.92 Å². The Morgan fingerprint density at radius 1 is 1.22 bits per heavy atom. The zero-order valence-corrected chi connectivity index (χ0v) is 12.6. The van der Waals surface area contributed by atoms with E-state index in [1.807, 2.05) is 12.1 Å². The number of aryl methyl sites for hydroxylation is 1. The molecular weight excluding hydrogens is 288 g/mol. The van der Waals surface area contributed by atoms with Gasteiger partial charge < -0.3 is 0 Å². The topological polar surface area (TPSA) is 17.1 Å². The van der Waals surface area contributed by atoms with Crippen LogP contribution in [0.5, 0.6) is 0 Å².